The van der Waals surface area contributed by atoms with Gasteiger partial charge >= 0.3 is 0 Å². The number of nitrogens with one attached hydrogen (secondary N) is 1. The Morgan fingerprint density at radius 2 is 1.74 bits per heavy atom. The Hall–Kier alpha value is -2.29. The Labute approximate surface area is 212 Å². The zero-order valence-corrected chi connectivity index (χ0v) is 22.4. The highest BCUT2D eigenvalue weighted by Crippen LogP contribution is 2.27. The maximum Gasteiger partial charge on any atom is 0.244 e. The molecule has 0 saturated heterocycles. The first-order valence-corrected chi connectivity index (χ1v) is 13.6. The lowest BCUT2D eigenvalue weighted by Gasteiger charge is -2.33. The lowest BCUT2D eigenvalue weighted by Crippen LogP contribution is -2.52. The molecule has 0 aliphatic heterocycles. The lowest BCUT2D eigenvalue weighted by atomic mass is 10.1. The predicted octanol–water partition coefficient (Wildman–Crippen LogP) is 4.32. The second-order valence-electron chi connectivity index (χ2n) is 8.08. The van der Waals surface area contributed by atoms with Crippen LogP contribution in [0.3, 0.4) is 0 Å². The maximum absolute atomic E-state index is 13.6. The van der Waals surface area contributed by atoms with E-state index < -0.39 is 28.5 Å². The number of anilines is 1. The van der Waals surface area contributed by atoms with Gasteiger partial charge < -0.3 is 10.2 Å². The summed E-state index contributed by atoms with van der Waals surface area (Å²) in [6.07, 6.45) is 1.41. The molecule has 7 nitrogen and oxygen atoms in total. The summed E-state index contributed by atoms with van der Waals surface area (Å²) < 4.78 is 26.5. The number of likely N-dealkylation sites (N-methyl/N-ethyl adjacent to an activating group) is 1. The quantitative estimate of drug-likeness (QED) is 0.498. The molecule has 2 amide bonds. The number of carbonyl (C=O) groups excluding carboxylic acids is 2. The molecule has 0 aromatic heterocycles. The minimum absolute atomic E-state index is 0.0652. The van der Waals surface area contributed by atoms with Gasteiger partial charge in [0, 0.05) is 13.1 Å². The van der Waals surface area contributed by atoms with Crippen molar-refractivity contribution >= 4 is 50.7 Å². The smallest absolute Gasteiger partial charge is 0.244 e. The van der Waals surface area contributed by atoms with Crippen LogP contribution in [0.4, 0.5) is 5.69 Å². The summed E-state index contributed by atoms with van der Waals surface area (Å²) in [5.41, 5.74) is 2.76. The van der Waals surface area contributed by atoms with Crippen molar-refractivity contribution in [3.8, 4) is 0 Å². The van der Waals surface area contributed by atoms with Crippen LogP contribution in [0.15, 0.2) is 36.4 Å². The highest BCUT2D eigenvalue weighted by atomic mass is 35.5. The van der Waals surface area contributed by atoms with Crippen molar-refractivity contribution in [2.45, 2.75) is 46.7 Å². The second kappa shape index (κ2) is 11.9. The van der Waals surface area contributed by atoms with Gasteiger partial charge in [0.1, 0.15) is 12.6 Å². The lowest BCUT2D eigenvalue weighted by molar-refractivity contribution is -0.140. The SMILES string of the molecule is CCNC(=O)[C@H](CC)N(Cc1ccc(Cl)c(Cl)c1)C(=O)CN(c1cccc(C)c1C)S(C)(=O)=O. The third kappa shape index (κ3) is 6.87. The van der Waals surface area contributed by atoms with Gasteiger partial charge in [0.2, 0.25) is 21.8 Å². The first-order valence-electron chi connectivity index (χ1n) is 11.0. The van der Waals surface area contributed by atoms with Gasteiger partial charge in [0.15, 0.2) is 0 Å². The van der Waals surface area contributed by atoms with Crippen LogP contribution in [-0.4, -0.2) is 50.5 Å². The van der Waals surface area contributed by atoms with Gasteiger partial charge in [-0.05, 0) is 62.1 Å². The molecule has 186 valence electrons. The molecule has 0 heterocycles. The van der Waals surface area contributed by atoms with Gasteiger partial charge in [-0.25, -0.2) is 8.42 Å². The Balaban J connectivity index is 2.50. The van der Waals surface area contributed by atoms with E-state index in [0.717, 1.165) is 21.7 Å². The second-order valence-corrected chi connectivity index (χ2v) is 10.8. The molecule has 10 heteroatoms. The molecule has 1 atom stereocenters. The van der Waals surface area contributed by atoms with E-state index >= 15 is 0 Å². The topological polar surface area (TPSA) is 86.8 Å². The summed E-state index contributed by atoms with van der Waals surface area (Å²) in [6.45, 7) is 7.30. The Bertz CT molecular complexity index is 1150. The summed E-state index contributed by atoms with van der Waals surface area (Å²) in [4.78, 5) is 27.8. The van der Waals surface area contributed by atoms with E-state index in [-0.39, 0.29) is 12.5 Å². The molecule has 2 rings (SSSR count). The molecule has 0 spiro atoms. The molecular formula is C24H31Cl2N3O4S. The normalized spacial score (nSPS) is 12.2. The third-order valence-electron chi connectivity index (χ3n) is 5.60. The molecule has 0 radical (unpaired) electrons. The number of amides is 2. The van der Waals surface area contributed by atoms with Crippen LogP contribution < -0.4 is 9.62 Å². The summed E-state index contributed by atoms with van der Waals surface area (Å²) in [5.74, 6) is -0.813. The third-order valence-corrected chi connectivity index (χ3v) is 7.46. The van der Waals surface area contributed by atoms with Gasteiger partial charge in [-0.15, -0.1) is 0 Å². The van der Waals surface area contributed by atoms with Crippen LogP contribution in [0.25, 0.3) is 0 Å². The summed E-state index contributed by atoms with van der Waals surface area (Å²) in [6, 6.07) is 9.47. The number of hydrogen-bond donors (Lipinski definition) is 1. The van der Waals surface area contributed by atoms with Crippen molar-refractivity contribution in [1.29, 1.82) is 0 Å². The fourth-order valence-electron chi connectivity index (χ4n) is 3.65. The van der Waals surface area contributed by atoms with Crippen LogP contribution in [-0.2, 0) is 26.2 Å². The first kappa shape index (κ1) is 28.0. The number of nitrogens with zero attached hydrogens (tertiary/aromatic N) is 2. The van der Waals surface area contributed by atoms with Crippen LogP contribution in [0.1, 0.15) is 37.0 Å². The van der Waals surface area contributed by atoms with Gasteiger partial charge in [-0.2, -0.15) is 0 Å². The Morgan fingerprint density at radius 1 is 1.06 bits per heavy atom. The van der Waals surface area contributed by atoms with E-state index in [1.54, 1.807) is 44.2 Å². The average molecular weight is 529 g/mol. The van der Waals surface area contributed by atoms with E-state index in [0.29, 0.717) is 34.3 Å². The molecular weight excluding hydrogens is 497 g/mol. The number of benzene rings is 2. The number of aryl methyl sites for hydroxylation is 1. The largest absolute Gasteiger partial charge is 0.355 e. The highest BCUT2D eigenvalue weighted by Gasteiger charge is 2.32. The molecule has 2 aromatic rings. The number of carbonyl (C=O) groups is 2. The number of halogens is 2. The van der Waals surface area contributed by atoms with Crippen molar-refractivity contribution in [1.82, 2.24) is 10.2 Å². The predicted molar refractivity (Wildman–Crippen MR) is 138 cm³/mol. The zero-order valence-electron chi connectivity index (χ0n) is 20.1. The van der Waals surface area contributed by atoms with Crippen molar-refractivity contribution < 1.29 is 18.0 Å². The first-order chi connectivity index (χ1) is 15.9. The van der Waals surface area contributed by atoms with Crippen molar-refractivity contribution in [2.75, 3.05) is 23.7 Å². The van der Waals surface area contributed by atoms with E-state index in [4.69, 9.17) is 23.2 Å². The van der Waals surface area contributed by atoms with Gasteiger partial charge in [0.05, 0.1) is 22.0 Å². The molecule has 1 N–H and O–H groups in total. The molecule has 0 unspecified atom stereocenters. The fraction of sp³-hybridized carbons (Fsp3) is 0.417. The van der Waals surface area contributed by atoms with Crippen LogP contribution in [0.2, 0.25) is 10.0 Å². The van der Waals surface area contributed by atoms with Crippen molar-refractivity contribution in [3.05, 3.63) is 63.1 Å². The molecule has 0 saturated carbocycles. The van der Waals surface area contributed by atoms with Crippen LogP contribution in [0.5, 0.6) is 0 Å². The minimum Gasteiger partial charge on any atom is -0.355 e. The molecule has 34 heavy (non-hydrogen) atoms. The molecule has 0 aliphatic carbocycles. The highest BCUT2D eigenvalue weighted by molar-refractivity contribution is 7.92. The summed E-state index contributed by atoms with van der Waals surface area (Å²) >= 11 is 12.2. The average Bonchev–Trinajstić information content (AvgIpc) is 2.76. The minimum atomic E-state index is -3.79. The molecule has 0 aliphatic rings. The Kier molecular flexibility index (Phi) is 9.79. The molecule has 2 aromatic carbocycles. The zero-order chi connectivity index (χ0) is 25.6. The Morgan fingerprint density at radius 3 is 2.29 bits per heavy atom. The van der Waals surface area contributed by atoms with Crippen LogP contribution >= 0.6 is 23.2 Å². The van der Waals surface area contributed by atoms with E-state index in [2.05, 4.69) is 5.32 Å². The summed E-state index contributed by atoms with van der Waals surface area (Å²) in [7, 11) is -3.79. The fourth-order valence-corrected chi connectivity index (χ4v) is 4.87. The molecule has 0 bridgehead atoms. The van der Waals surface area contributed by atoms with Gasteiger partial charge in [0.25, 0.3) is 0 Å². The molecule has 0 fully saturated rings. The van der Waals surface area contributed by atoms with E-state index in [1.807, 2.05) is 19.9 Å². The van der Waals surface area contributed by atoms with Crippen molar-refractivity contribution in [2.24, 2.45) is 0 Å². The number of sulfonamides is 1. The maximum atomic E-state index is 13.6. The monoisotopic (exact) mass is 527 g/mol. The van der Waals surface area contributed by atoms with Crippen LogP contribution in [0, 0.1) is 13.8 Å². The number of hydrogen-bond acceptors (Lipinski definition) is 4. The van der Waals surface area contributed by atoms with E-state index in [9.17, 15) is 18.0 Å². The van der Waals surface area contributed by atoms with Crippen molar-refractivity contribution in [3.63, 3.8) is 0 Å². The van der Waals surface area contributed by atoms with Gasteiger partial charge in [-0.1, -0.05) is 48.3 Å². The van der Waals surface area contributed by atoms with Gasteiger partial charge in [-0.3, -0.25) is 13.9 Å². The summed E-state index contributed by atoms with van der Waals surface area (Å²) in [5, 5.41) is 3.46. The van der Waals surface area contributed by atoms with E-state index in [1.165, 1.54) is 4.90 Å². The number of rotatable bonds is 10. The standard InChI is InChI=1S/C24H31Cl2N3O4S/c1-6-21(24(31)27-7-2)28(14-18-11-12-19(25)20(26)13-18)23(30)15-29(34(5,32)33)22-10-8-9-16(3)17(22)4/h8-13,21H,6-7,14-15H2,1-5H3,(H,27,31)/t21-/m0/s1.